The lowest BCUT2D eigenvalue weighted by Gasteiger charge is -2.40. The van der Waals surface area contributed by atoms with Crippen molar-refractivity contribution in [1.29, 1.82) is 0 Å². The zero-order valence-corrected chi connectivity index (χ0v) is 17.7. The minimum Gasteiger partial charge on any atom is -0.368 e. The van der Waals surface area contributed by atoms with Gasteiger partial charge in [-0.15, -0.1) is 0 Å². The van der Waals surface area contributed by atoms with Crippen LogP contribution in [-0.4, -0.2) is 60.2 Å². The first kappa shape index (κ1) is 19.6. The second-order valence-electron chi connectivity index (χ2n) is 8.37. The molecule has 5 rings (SSSR count). The van der Waals surface area contributed by atoms with Gasteiger partial charge in [-0.25, -0.2) is 15.0 Å². The Kier molecular flexibility index (Phi) is 5.09. The number of nitrogens with zero attached hydrogens (tertiary/aromatic N) is 7. The summed E-state index contributed by atoms with van der Waals surface area (Å²) in [7, 11) is 0. The normalized spacial score (nSPS) is 20.1. The molecule has 1 N–H and O–H groups in total. The molecule has 0 aromatic carbocycles. The number of piperidine rings is 1. The van der Waals surface area contributed by atoms with Crippen LogP contribution in [0, 0.1) is 0 Å². The molecule has 2 aliphatic rings. The fourth-order valence-electron chi connectivity index (χ4n) is 4.85. The van der Waals surface area contributed by atoms with E-state index in [-0.39, 0.29) is 11.3 Å². The van der Waals surface area contributed by atoms with Gasteiger partial charge >= 0.3 is 0 Å². The van der Waals surface area contributed by atoms with Crippen LogP contribution in [-0.2, 0) is 23.2 Å². The Labute approximate surface area is 181 Å². The predicted octanol–water partition coefficient (Wildman–Crippen LogP) is 2.07. The van der Waals surface area contributed by atoms with Gasteiger partial charge in [-0.1, -0.05) is 0 Å². The molecule has 3 aromatic heterocycles. The molecule has 0 bridgehead atoms. The second-order valence-corrected chi connectivity index (χ2v) is 8.37. The zero-order chi connectivity index (χ0) is 21.3. The van der Waals surface area contributed by atoms with E-state index < -0.39 is 0 Å². The number of nitrogens with one attached hydrogen (secondary N) is 1. The van der Waals surface area contributed by atoms with Crippen LogP contribution in [0.15, 0.2) is 37.2 Å². The van der Waals surface area contributed by atoms with Gasteiger partial charge in [0.15, 0.2) is 5.82 Å². The van der Waals surface area contributed by atoms with Gasteiger partial charge < -0.3 is 10.2 Å². The number of rotatable bonds is 5. The fraction of sp³-hybridized carbons (Fsp3) is 0.455. The SMILES string of the molecule is CC(=O)N1CCCC2(CCc3c(NCCn4cncn4)nc(-c4cccnc4)nc32)C1. The molecule has 1 aliphatic carbocycles. The van der Waals surface area contributed by atoms with Crippen molar-refractivity contribution in [3.05, 3.63) is 48.4 Å². The highest BCUT2D eigenvalue weighted by molar-refractivity contribution is 5.73. The van der Waals surface area contributed by atoms with Crippen molar-refractivity contribution < 1.29 is 4.79 Å². The third kappa shape index (κ3) is 3.75. The summed E-state index contributed by atoms with van der Waals surface area (Å²) in [6.07, 6.45) is 10.8. The average molecular weight is 419 g/mol. The van der Waals surface area contributed by atoms with Gasteiger partial charge in [0.2, 0.25) is 5.91 Å². The highest BCUT2D eigenvalue weighted by atomic mass is 16.2. The van der Waals surface area contributed by atoms with E-state index in [1.54, 1.807) is 30.3 Å². The molecule has 4 heterocycles. The molecule has 0 radical (unpaired) electrons. The van der Waals surface area contributed by atoms with E-state index in [0.717, 1.165) is 55.8 Å². The molecule has 9 nitrogen and oxygen atoms in total. The summed E-state index contributed by atoms with van der Waals surface area (Å²) in [5.74, 6) is 1.69. The molecule has 9 heteroatoms. The van der Waals surface area contributed by atoms with E-state index in [0.29, 0.717) is 18.9 Å². The van der Waals surface area contributed by atoms with Gasteiger partial charge in [-0.05, 0) is 37.8 Å². The Morgan fingerprint density at radius 3 is 2.97 bits per heavy atom. The van der Waals surface area contributed by atoms with Gasteiger partial charge in [0.05, 0.1) is 12.2 Å². The number of carbonyl (C=O) groups is 1. The first-order chi connectivity index (χ1) is 15.1. The van der Waals surface area contributed by atoms with Crippen molar-refractivity contribution in [1.82, 2.24) is 34.6 Å². The van der Waals surface area contributed by atoms with Gasteiger partial charge in [0.25, 0.3) is 0 Å². The number of amides is 1. The summed E-state index contributed by atoms with van der Waals surface area (Å²) in [6.45, 7) is 4.61. The molecular weight excluding hydrogens is 392 g/mol. The average Bonchev–Trinajstić information content (AvgIpc) is 3.43. The highest BCUT2D eigenvalue weighted by Gasteiger charge is 2.45. The van der Waals surface area contributed by atoms with Crippen LogP contribution >= 0.6 is 0 Å². The largest absolute Gasteiger partial charge is 0.368 e. The van der Waals surface area contributed by atoms with E-state index in [9.17, 15) is 4.79 Å². The summed E-state index contributed by atoms with van der Waals surface area (Å²) in [6, 6.07) is 3.88. The summed E-state index contributed by atoms with van der Waals surface area (Å²) < 4.78 is 1.80. The quantitative estimate of drug-likeness (QED) is 0.677. The first-order valence-corrected chi connectivity index (χ1v) is 10.8. The molecule has 1 aliphatic heterocycles. The Balaban J connectivity index is 1.51. The molecule has 31 heavy (non-hydrogen) atoms. The number of carbonyl (C=O) groups excluding carboxylic acids is 1. The number of hydrogen-bond donors (Lipinski definition) is 1. The van der Waals surface area contributed by atoms with Crippen molar-refractivity contribution >= 4 is 11.7 Å². The Morgan fingerprint density at radius 1 is 1.26 bits per heavy atom. The van der Waals surface area contributed by atoms with E-state index in [1.807, 2.05) is 17.0 Å². The minimum atomic E-state index is -0.0957. The topological polar surface area (TPSA) is 102 Å². The van der Waals surface area contributed by atoms with Crippen LogP contribution < -0.4 is 5.32 Å². The molecule has 1 saturated heterocycles. The van der Waals surface area contributed by atoms with Crippen LogP contribution in [0.4, 0.5) is 5.82 Å². The lowest BCUT2D eigenvalue weighted by atomic mass is 9.77. The maximum atomic E-state index is 12.1. The number of likely N-dealkylation sites (tertiary alicyclic amines) is 1. The number of aromatic nitrogens is 6. The molecule has 0 saturated carbocycles. The highest BCUT2D eigenvalue weighted by Crippen LogP contribution is 2.46. The fourth-order valence-corrected chi connectivity index (χ4v) is 4.85. The predicted molar refractivity (Wildman–Crippen MR) is 115 cm³/mol. The molecule has 3 aromatic rings. The van der Waals surface area contributed by atoms with Crippen molar-refractivity contribution in [3.63, 3.8) is 0 Å². The first-order valence-electron chi connectivity index (χ1n) is 10.8. The van der Waals surface area contributed by atoms with Crippen molar-refractivity contribution in [2.75, 3.05) is 25.0 Å². The molecule has 1 unspecified atom stereocenters. The molecular formula is C22H26N8O. The van der Waals surface area contributed by atoms with Crippen LogP contribution in [0.25, 0.3) is 11.4 Å². The standard InChI is InChI=1S/C22H26N8O/c1-16(31)29-10-3-6-22(13-29)7-5-18-19(22)27-20(17-4-2-8-23-12-17)28-21(18)25-9-11-30-15-24-14-26-30/h2,4,8,12,14-15H,3,5-7,9-11,13H2,1H3,(H,25,27,28). The van der Waals surface area contributed by atoms with Crippen molar-refractivity contribution in [2.24, 2.45) is 0 Å². The number of anilines is 1. The van der Waals surface area contributed by atoms with Gasteiger partial charge in [-0.2, -0.15) is 5.10 Å². The number of hydrogen-bond acceptors (Lipinski definition) is 7. The molecule has 1 spiro atoms. The van der Waals surface area contributed by atoms with E-state index >= 15 is 0 Å². The van der Waals surface area contributed by atoms with Crippen molar-refractivity contribution in [3.8, 4) is 11.4 Å². The zero-order valence-electron chi connectivity index (χ0n) is 17.7. The second kappa shape index (κ2) is 8.05. The van der Waals surface area contributed by atoms with Gasteiger partial charge in [0, 0.05) is 55.5 Å². The Morgan fingerprint density at radius 2 is 2.19 bits per heavy atom. The van der Waals surface area contributed by atoms with Crippen LogP contribution in [0.3, 0.4) is 0 Å². The lowest BCUT2D eigenvalue weighted by Crippen LogP contribution is -2.47. The molecule has 1 atom stereocenters. The summed E-state index contributed by atoms with van der Waals surface area (Å²) in [4.78, 5) is 32.3. The summed E-state index contributed by atoms with van der Waals surface area (Å²) in [5.41, 5.74) is 3.07. The number of fused-ring (bicyclic) bond motifs is 2. The monoisotopic (exact) mass is 418 g/mol. The van der Waals surface area contributed by atoms with Gasteiger partial charge in [0.1, 0.15) is 18.5 Å². The maximum Gasteiger partial charge on any atom is 0.219 e. The van der Waals surface area contributed by atoms with E-state index in [2.05, 4.69) is 20.4 Å². The summed E-state index contributed by atoms with van der Waals surface area (Å²) >= 11 is 0. The van der Waals surface area contributed by atoms with Crippen LogP contribution in [0.5, 0.6) is 0 Å². The smallest absolute Gasteiger partial charge is 0.219 e. The third-order valence-corrected chi connectivity index (χ3v) is 6.40. The molecule has 1 amide bonds. The maximum absolute atomic E-state index is 12.1. The third-order valence-electron chi connectivity index (χ3n) is 6.40. The van der Waals surface area contributed by atoms with Gasteiger partial charge in [-0.3, -0.25) is 14.5 Å². The number of pyridine rings is 1. The lowest BCUT2D eigenvalue weighted by molar-refractivity contribution is -0.131. The molecule has 160 valence electrons. The summed E-state index contributed by atoms with van der Waals surface area (Å²) in [5, 5.41) is 7.67. The van der Waals surface area contributed by atoms with Crippen LogP contribution in [0.2, 0.25) is 0 Å². The van der Waals surface area contributed by atoms with Crippen LogP contribution in [0.1, 0.15) is 37.4 Å². The Bertz CT molecular complexity index is 1070. The molecule has 1 fully saturated rings. The van der Waals surface area contributed by atoms with E-state index in [4.69, 9.17) is 9.97 Å². The van der Waals surface area contributed by atoms with E-state index in [1.165, 1.54) is 11.9 Å². The van der Waals surface area contributed by atoms with Crippen molar-refractivity contribution in [2.45, 2.75) is 44.6 Å². The minimum absolute atomic E-state index is 0.0957. The Hall–Kier alpha value is -3.36.